The highest BCUT2D eigenvalue weighted by molar-refractivity contribution is 9.10. The fourth-order valence-corrected chi connectivity index (χ4v) is 6.52. The van der Waals surface area contributed by atoms with Crippen LogP contribution in [0, 0.1) is 0 Å². The number of benzene rings is 1. The Morgan fingerprint density at radius 1 is 1.13 bits per heavy atom. The molecule has 0 spiro atoms. The maximum absolute atomic E-state index is 14.2. The number of ether oxygens (including phenoxy) is 1. The number of carbonyl (C=O) groups is 1. The number of rotatable bonds is 5. The van der Waals surface area contributed by atoms with Crippen molar-refractivity contribution in [2.24, 2.45) is 0 Å². The van der Waals surface area contributed by atoms with E-state index in [0.29, 0.717) is 32.8 Å². The van der Waals surface area contributed by atoms with Gasteiger partial charge >= 0.3 is 0 Å². The molecule has 3 aromatic heterocycles. The lowest BCUT2D eigenvalue weighted by molar-refractivity contribution is 0.0946. The van der Waals surface area contributed by atoms with E-state index in [1.165, 1.54) is 12.1 Å². The number of sulfone groups is 1. The van der Waals surface area contributed by atoms with Crippen LogP contribution in [0.5, 0.6) is 5.75 Å². The summed E-state index contributed by atoms with van der Waals surface area (Å²) in [5, 5.41) is 13.7. The zero-order valence-electron chi connectivity index (χ0n) is 20.4. The number of nitrogens with one attached hydrogen (secondary N) is 1. The van der Waals surface area contributed by atoms with Crippen molar-refractivity contribution in [1.29, 1.82) is 0 Å². The summed E-state index contributed by atoms with van der Waals surface area (Å²) in [6, 6.07) is 11.5. The van der Waals surface area contributed by atoms with Gasteiger partial charge in [-0.3, -0.25) is 9.78 Å². The van der Waals surface area contributed by atoms with Crippen LogP contribution in [-0.2, 0) is 27.7 Å². The lowest BCUT2D eigenvalue weighted by atomic mass is 10.1. The summed E-state index contributed by atoms with van der Waals surface area (Å²) < 4.78 is 44.9. The van der Waals surface area contributed by atoms with E-state index >= 15 is 0 Å². The summed E-state index contributed by atoms with van der Waals surface area (Å²) in [4.78, 5) is 26.4. The minimum Gasteiger partial charge on any atom is -0.506 e. The molecule has 0 saturated heterocycles. The van der Waals surface area contributed by atoms with Gasteiger partial charge in [-0.15, -0.1) is 0 Å². The van der Waals surface area contributed by atoms with Gasteiger partial charge in [0.05, 0.1) is 52.9 Å². The number of amides is 1. The van der Waals surface area contributed by atoms with Crippen LogP contribution < -0.4 is 5.32 Å². The molecule has 2 aliphatic rings. The van der Waals surface area contributed by atoms with Crippen molar-refractivity contribution in [3.8, 4) is 17.1 Å². The number of pyridine rings is 3. The average molecular weight is 613 g/mol. The summed E-state index contributed by atoms with van der Waals surface area (Å²) in [7, 11) is -4.30. The van der Waals surface area contributed by atoms with Crippen LogP contribution in [-0.4, -0.2) is 46.5 Å². The summed E-state index contributed by atoms with van der Waals surface area (Å²) in [6.45, 7) is -0.603. The van der Waals surface area contributed by atoms with Gasteiger partial charge in [0.15, 0.2) is 0 Å². The number of fused-ring (bicyclic) bond motifs is 2. The first-order valence-electron chi connectivity index (χ1n) is 12.2. The highest BCUT2D eigenvalue weighted by Crippen LogP contribution is 2.43. The van der Waals surface area contributed by atoms with Crippen LogP contribution in [0.3, 0.4) is 0 Å². The van der Waals surface area contributed by atoms with E-state index in [1.54, 1.807) is 24.4 Å². The molecule has 1 aliphatic carbocycles. The molecule has 1 saturated carbocycles. The minimum atomic E-state index is -4.30. The molecule has 1 aromatic carbocycles. The van der Waals surface area contributed by atoms with Crippen LogP contribution in [0.1, 0.15) is 46.1 Å². The largest absolute Gasteiger partial charge is 0.506 e. The second kappa shape index (κ2) is 9.92. The molecule has 4 aromatic rings. The zero-order chi connectivity index (χ0) is 27.3. The van der Waals surface area contributed by atoms with Gasteiger partial charge in [-0.1, -0.05) is 15.9 Å². The van der Waals surface area contributed by atoms with Crippen LogP contribution in [0.4, 0.5) is 4.39 Å². The third-order valence-corrected chi connectivity index (χ3v) is 9.24. The molecule has 1 aliphatic heterocycles. The Morgan fingerprint density at radius 3 is 2.69 bits per heavy atom. The zero-order valence-corrected chi connectivity index (χ0v) is 22.8. The highest BCUT2D eigenvalue weighted by atomic mass is 79.9. The molecule has 9 nitrogen and oxygen atoms in total. The predicted molar refractivity (Wildman–Crippen MR) is 143 cm³/mol. The number of alkyl halides is 1. The summed E-state index contributed by atoms with van der Waals surface area (Å²) in [6.07, 6.45) is 3.68. The van der Waals surface area contributed by atoms with Crippen LogP contribution in [0.2, 0.25) is 0 Å². The monoisotopic (exact) mass is 612 g/mol. The Morgan fingerprint density at radius 2 is 1.90 bits per heavy atom. The Balaban J connectivity index is 1.23. The second-order valence-corrected chi connectivity index (χ2v) is 12.4. The average Bonchev–Trinajstić information content (AvgIpc) is 3.78. The maximum Gasteiger partial charge on any atom is 0.251 e. The molecule has 12 heteroatoms. The molecule has 6 rings (SSSR count). The van der Waals surface area contributed by atoms with E-state index < -0.39 is 27.9 Å². The first-order chi connectivity index (χ1) is 18.7. The van der Waals surface area contributed by atoms with Crippen LogP contribution >= 0.6 is 15.9 Å². The smallest absolute Gasteiger partial charge is 0.251 e. The number of hydrogen-bond acceptors (Lipinski definition) is 8. The lowest BCUT2D eigenvalue weighted by Gasteiger charge is -2.12. The summed E-state index contributed by atoms with van der Waals surface area (Å²) in [5.41, 5.74) is 1.32. The standard InChI is InChI=1S/C27H22BrFN4O5S/c28-19-7-16(8-24-18(19)12-38-13-25(29)39(24,36)37)27(35)31-11-17-9-22-15(10-30-17)3-4-20(32-22)21-5-6-23(34)26(33-21)14-1-2-14/h3-10,14,25,34H,1-2,11-13H2,(H,31,35)/t25-/m1/s1. The van der Waals surface area contributed by atoms with Crippen molar-refractivity contribution < 1.29 is 27.4 Å². The number of carbonyl (C=O) groups excluding carboxylic acids is 1. The van der Waals surface area contributed by atoms with Gasteiger partial charge in [-0.25, -0.2) is 22.8 Å². The van der Waals surface area contributed by atoms with Gasteiger partial charge in [0.25, 0.3) is 5.91 Å². The third-order valence-electron chi connectivity index (χ3n) is 6.74. The normalized spacial score (nSPS) is 18.4. The lowest BCUT2D eigenvalue weighted by Crippen LogP contribution is -2.24. The van der Waals surface area contributed by atoms with E-state index in [-0.39, 0.29) is 40.8 Å². The van der Waals surface area contributed by atoms with Gasteiger partial charge in [0, 0.05) is 33.1 Å². The van der Waals surface area contributed by atoms with Gasteiger partial charge in [0.1, 0.15) is 5.75 Å². The molecule has 200 valence electrons. The maximum atomic E-state index is 14.2. The minimum absolute atomic E-state index is 0.0558. The topological polar surface area (TPSA) is 131 Å². The number of halogens is 2. The Kier molecular flexibility index (Phi) is 6.56. The van der Waals surface area contributed by atoms with E-state index in [1.807, 2.05) is 12.1 Å². The number of aromatic hydroxyl groups is 1. The van der Waals surface area contributed by atoms with E-state index in [2.05, 4.69) is 31.2 Å². The molecular weight excluding hydrogens is 591 g/mol. The first kappa shape index (κ1) is 25.8. The Bertz CT molecular complexity index is 1750. The van der Waals surface area contributed by atoms with Gasteiger partial charge in [-0.2, -0.15) is 0 Å². The number of aromatic nitrogens is 3. The number of nitrogens with zero attached hydrogens (tertiary/aromatic N) is 3. The van der Waals surface area contributed by atoms with Gasteiger partial charge < -0.3 is 15.2 Å². The van der Waals surface area contributed by atoms with Crippen molar-refractivity contribution in [2.75, 3.05) is 6.61 Å². The third kappa shape index (κ3) is 4.99. The Labute approximate surface area is 231 Å². The molecule has 0 bridgehead atoms. The fourth-order valence-electron chi connectivity index (χ4n) is 4.45. The van der Waals surface area contributed by atoms with Crippen molar-refractivity contribution in [3.05, 3.63) is 75.6 Å². The van der Waals surface area contributed by atoms with Crippen molar-refractivity contribution >= 4 is 42.6 Å². The first-order valence-corrected chi connectivity index (χ1v) is 14.6. The van der Waals surface area contributed by atoms with E-state index in [9.17, 15) is 22.7 Å². The molecule has 1 fully saturated rings. The molecular formula is C27H22BrFN4O5S. The molecule has 1 atom stereocenters. The van der Waals surface area contributed by atoms with Crippen molar-refractivity contribution in [1.82, 2.24) is 20.3 Å². The molecule has 1 amide bonds. The predicted octanol–water partition coefficient (Wildman–Crippen LogP) is 4.57. The van der Waals surface area contributed by atoms with Gasteiger partial charge in [-0.05, 0) is 55.3 Å². The molecule has 4 heterocycles. The number of hydrogen-bond donors (Lipinski definition) is 2. The fraction of sp³-hybridized carbons (Fsp3) is 0.259. The summed E-state index contributed by atoms with van der Waals surface area (Å²) >= 11 is 3.29. The van der Waals surface area contributed by atoms with Crippen molar-refractivity contribution in [2.45, 2.75) is 42.3 Å². The highest BCUT2D eigenvalue weighted by Gasteiger charge is 2.34. The van der Waals surface area contributed by atoms with Crippen LogP contribution in [0.25, 0.3) is 22.3 Å². The molecule has 0 unspecified atom stereocenters. The van der Waals surface area contributed by atoms with Crippen LogP contribution in [0.15, 0.2) is 58.0 Å². The SMILES string of the molecule is O=C(NCc1cc2nc(-c3ccc(O)c(C4CC4)n3)ccc2cn1)c1cc(Br)c2c(c1)S(=O)(=O)[C@@H](F)COC2. The molecule has 2 N–H and O–H groups in total. The second-order valence-electron chi connectivity index (χ2n) is 9.53. The van der Waals surface area contributed by atoms with E-state index in [4.69, 9.17) is 9.72 Å². The Hall–Kier alpha value is -3.48. The van der Waals surface area contributed by atoms with Crippen molar-refractivity contribution in [3.63, 3.8) is 0 Å². The van der Waals surface area contributed by atoms with Gasteiger partial charge in [0.2, 0.25) is 15.3 Å². The summed E-state index contributed by atoms with van der Waals surface area (Å²) in [5.74, 6) is -0.0585. The molecule has 39 heavy (non-hydrogen) atoms. The quantitative estimate of drug-likeness (QED) is 0.335. The molecule has 0 radical (unpaired) electrons. The van der Waals surface area contributed by atoms with E-state index in [0.717, 1.165) is 18.2 Å².